The van der Waals surface area contributed by atoms with E-state index < -0.39 is 12.6 Å². The summed E-state index contributed by atoms with van der Waals surface area (Å²) in [6.07, 6.45) is 2.72. The van der Waals surface area contributed by atoms with Crippen molar-refractivity contribution >= 4 is 12.3 Å². The van der Waals surface area contributed by atoms with Crippen LogP contribution in [0.4, 0.5) is 0 Å². The van der Waals surface area contributed by atoms with Gasteiger partial charge in [-0.25, -0.2) is 4.79 Å². The second kappa shape index (κ2) is 7.21. The van der Waals surface area contributed by atoms with Crippen LogP contribution in [0.2, 0.25) is 0 Å². The Morgan fingerprint density at radius 3 is 2.73 bits per heavy atom. The fraction of sp³-hybridized carbons (Fsp3) is 0.714. The molecule has 64 valence electrons. The Kier molecular flexibility index (Phi) is 6.62. The summed E-state index contributed by atoms with van der Waals surface area (Å²) in [7, 11) is 0. The molecule has 0 saturated carbocycles. The van der Waals surface area contributed by atoms with Gasteiger partial charge < -0.3 is 14.6 Å². The fourth-order valence-corrected chi connectivity index (χ4v) is 0.561. The van der Waals surface area contributed by atoms with Crippen LogP contribution in [0.25, 0.3) is 0 Å². The number of hydrogen-bond acceptors (Lipinski definition) is 4. The highest BCUT2D eigenvalue weighted by Crippen LogP contribution is 1.92. The maximum atomic E-state index is 10.3. The summed E-state index contributed by atoms with van der Waals surface area (Å²) in [6.45, 7) is -0.291. The molecule has 0 aliphatic heterocycles. The van der Waals surface area contributed by atoms with E-state index in [2.05, 4.69) is 4.74 Å². The van der Waals surface area contributed by atoms with Crippen LogP contribution in [0, 0.1) is 0 Å². The van der Waals surface area contributed by atoms with Crippen LogP contribution in [0.15, 0.2) is 0 Å². The Bertz CT molecular complexity index is 122. The first kappa shape index (κ1) is 10.1. The zero-order valence-corrected chi connectivity index (χ0v) is 6.28. The molecule has 0 aliphatic rings. The molecular formula is C7H12O4. The first-order valence-corrected chi connectivity index (χ1v) is 3.51. The van der Waals surface area contributed by atoms with Gasteiger partial charge in [-0.05, 0) is 12.8 Å². The average Bonchev–Trinajstić information content (AvgIpc) is 2.04. The molecule has 0 aromatic heterocycles. The van der Waals surface area contributed by atoms with Crippen molar-refractivity contribution in [2.75, 3.05) is 13.2 Å². The number of rotatable bonds is 6. The number of carbonyl (C=O) groups is 2. The van der Waals surface area contributed by atoms with Crippen molar-refractivity contribution in [2.45, 2.75) is 19.3 Å². The summed E-state index contributed by atoms with van der Waals surface area (Å²) >= 11 is 0. The molecule has 11 heavy (non-hydrogen) atoms. The van der Waals surface area contributed by atoms with Gasteiger partial charge in [0.2, 0.25) is 0 Å². The van der Waals surface area contributed by atoms with Gasteiger partial charge in [0, 0.05) is 6.42 Å². The van der Waals surface area contributed by atoms with Crippen LogP contribution in [-0.4, -0.2) is 30.6 Å². The Hall–Kier alpha value is -0.900. The summed E-state index contributed by atoms with van der Waals surface area (Å²) < 4.78 is 4.53. The zero-order chi connectivity index (χ0) is 8.53. The summed E-state index contributed by atoms with van der Waals surface area (Å²) in [5.74, 6) is -0.615. The summed E-state index contributed by atoms with van der Waals surface area (Å²) in [4.78, 5) is 20.1. The van der Waals surface area contributed by atoms with E-state index in [4.69, 9.17) is 5.11 Å². The van der Waals surface area contributed by atoms with Crippen LogP contribution in [0.1, 0.15) is 19.3 Å². The SMILES string of the molecule is O=CCCCCOC(=O)CO. The van der Waals surface area contributed by atoms with Crippen LogP contribution in [-0.2, 0) is 14.3 Å². The van der Waals surface area contributed by atoms with E-state index in [9.17, 15) is 9.59 Å². The number of hydrogen-bond donors (Lipinski definition) is 1. The second-order valence-corrected chi connectivity index (χ2v) is 2.04. The molecule has 4 nitrogen and oxygen atoms in total. The highest BCUT2D eigenvalue weighted by molar-refractivity contribution is 5.70. The van der Waals surface area contributed by atoms with E-state index in [1.807, 2.05) is 0 Å². The molecule has 0 fully saturated rings. The Morgan fingerprint density at radius 1 is 1.45 bits per heavy atom. The molecule has 0 unspecified atom stereocenters. The third-order valence-electron chi connectivity index (χ3n) is 1.11. The number of aliphatic hydroxyl groups excluding tert-OH is 1. The van der Waals surface area contributed by atoms with E-state index in [0.717, 1.165) is 12.7 Å². The van der Waals surface area contributed by atoms with Gasteiger partial charge in [0.25, 0.3) is 0 Å². The van der Waals surface area contributed by atoms with Gasteiger partial charge in [-0.3, -0.25) is 0 Å². The lowest BCUT2D eigenvalue weighted by atomic mass is 10.3. The fourth-order valence-electron chi connectivity index (χ4n) is 0.561. The van der Waals surface area contributed by atoms with Crippen LogP contribution >= 0.6 is 0 Å². The lowest BCUT2D eigenvalue weighted by Gasteiger charge is -1.99. The standard InChI is InChI=1S/C7H12O4/c8-4-2-1-3-5-11-7(10)6-9/h4,9H,1-3,5-6H2. The minimum Gasteiger partial charge on any atom is -0.464 e. The minimum absolute atomic E-state index is 0.285. The van der Waals surface area contributed by atoms with Gasteiger partial charge in [0.1, 0.15) is 12.9 Å². The van der Waals surface area contributed by atoms with Gasteiger partial charge in [-0.1, -0.05) is 0 Å². The van der Waals surface area contributed by atoms with E-state index in [0.29, 0.717) is 12.8 Å². The predicted molar refractivity (Wildman–Crippen MR) is 38.0 cm³/mol. The first-order valence-electron chi connectivity index (χ1n) is 3.51. The highest BCUT2D eigenvalue weighted by Gasteiger charge is 1.97. The quantitative estimate of drug-likeness (QED) is 0.334. The molecule has 0 radical (unpaired) electrons. The van der Waals surface area contributed by atoms with Crippen LogP contribution < -0.4 is 0 Å². The molecule has 0 atom stereocenters. The van der Waals surface area contributed by atoms with E-state index >= 15 is 0 Å². The molecule has 0 aromatic carbocycles. The van der Waals surface area contributed by atoms with Crippen molar-refractivity contribution < 1.29 is 19.4 Å². The third-order valence-corrected chi connectivity index (χ3v) is 1.11. The summed E-state index contributed by atoms with van der Waals surface area (Å²) in [5.41, 5.74) is 0. The number of aliphatic hydroxyl groups is 1. The number of unbranched alkanes of at least 4 members (excludes halogenated alkanes) is 2. The molecule has 0 spiro atoms. The van der Waals surface area contributed by atoms with Crippen LogP contribution in [0.3, 0.4) is 0 Å². The molecule has 0 rings (SSSR count). The molecule has 0 bridgehead atoms. The molecule has 0 heterocycles. The van der Waals surface area contributed by atoms with Crippen LogP contribution in [0.5, 0.6) is 0 Å². The van der Waals surface area contributed by atoms with Gasteiger partial charge >= 0.3 is 5.97 Å². The average molecular weight is 160 g/mol. The van der Waals surface area contributed by atoms with Crippen molar-refractivity contribution in [1.29, 1.82) is 0 Å². The van der Waals surface area contributed by atoms with E-state index in [1.54, 1.807) is 0 Å². The number of ether oxygens (including phenoxy) is 1. The van der Waals surface area contributed by atoms with Crippen molar-refractivity contribution in [3.63, 3.8) is 0 Å². The minimum atomic E-state index is -0.615. The van der Waals surface area contributed by atoms with Crippen molar-refractivity contribution in [3.8, 4) is 0 Å². The molecule has 4 heteroatoms. The maximum Gasteiger partial charge on any atom is 0.331 e. The highest BCUT2D eigenvalue weighted by atomic mass is 16.5. The number of aldehydes is 1. The maximum absolute atomic E-state index is 10.3. The van der Waals surface area contributed by atoms with Gasteiger partial charge in [-0.15, -0.1) is 0 Å². The molecule has 1 N–H and O–H groups in total. The molecule has 0 aromatic rings. The van der Waals surface area contributed by atoms with E-state index in [1.165, 1.54) is 0 Å². The van der Waals surface area contributed by atoms with E-state index in [-0.39, 0.29) is 6.61 Å². The molecular weight excluding hydrogens is 148 g/mol. The monoisotopic (exact) mass is 160 g/mol. The molecule has 0 aliphatic carbocycles. The summed E-state index contributed by atoms with van der Waals surface area (Å²) in [6, 6.07) is 0. The van der Waals surface area contributed by atoms with Crippen molar-refractivity contribution in [3.05, 3.63) is 0 Å². The van der Waals surface area contributed by atoms with Crippen molar-refractivity contribution in [1.82, 2.24) is 0 Å². The molecule has 0 amide bonds. The van der Waals surface area contributed by atoms with Crippen molar-refractivity contribution in [2.24, 2.45) is 0 Å². The number of carbonyl (C=O) groups excluding carboxylic acids is 2. The van der Waals surface area contributed by atoms with Gasteiger partial charge in [0.05, 0.1) is 6.61 Å². The Labute approximate surface area is 65.2 Å². The van der Waals surface area contributed by atoms with Gasteiger partial charge in [0.15, 0.2) is 0 Å². The smallest absolute Gasteiger partial charge is 0.331 e. The Balaban J connectivity index is 3.01. The first-order chi connectivity index (χ1) is 5.31. The molecule has 0 saturated heterocycles. The second-order valence-electron chi connectivity index (χ2n) is 2.04. The largest absolute Gasteiger partial charge is 0.464 e. The topological polar surface area (TPSA) is 63.6 Å². The number of esters is 1. The zero-order valence-electron chi connectivity index (χ0n) is 6.28. The van der Waals surface area contributed by atoms with Gasteiger partial charge in [-0.2, -0.15) is 0 Å². The lowest BCUT2D eigenvalue weighted by molar-refractivity contribution is -0.146. The predicted octanol–water partition coefficient (Wildman–Crippen LogP) is -0.109. The normalized spacial score (nSPS) is 9.18. The summed E-state index contributed by atoms with van der Waals surface area (Å²) in [5, 5.41) is 8.21. The lowest BCUT2D eigenvalue weighted by Crippen LogP contribution is -2.09. The third kappa shape index (κ3) is 6.99. The Morgan fingerprint density at radius 2 is 2.18 bits per heavy atom.